The van der Waals surface area contributed by atoms with Gasteiger partial charge in [-0.25, -0.2) is 9.07 Å². The number of hydrogen-bond acceptors (Lipinski definition) is 2. The van der Waals surface area contributed by atoms with Gasteiger partial charge in [-0.3, -0.25) is 0 Å². The summed E-state index contributed by atoms with van der Waals surface area (Å²) in [7, 11) is -1.48. The van der Waals surface area contributed by atoms with Gasteiger partial charge in [-0.05, 0) is 12.1 Å². The molecule has 0 aliphatic carbocycles. The molecule has 1 heterocycles. The average molecular weight is 235 g/mol. The van der Waals surface area contributed by atoms with Gasteiger partial charge in [0.2, 0.25) is 0 Å². The lowest BCUT2D eigenvalue weighted by Crippen LogP contribution is -2.38. The van der Waals surface area contributed by atoms with Crippen molar-refractivity contribution < 1.29 is 4.39 Å². The lowest BCUT2D eigenvalue weighted by molar-refractivity contribution is 0.607. The van der Waals surface area contributed by atoms with Crippen LogP contribution in [-0.2, 0) is 0 Å². The standard InChI is InChI=1S/C11H14FN3Si/c1-16(2,3)11-8-15(14-13-11)10-7-5-4-6-9(10)12/h4-8H,1-3H3. The second-order valence-corrected chi connectivity index (χ2v) is 9.76. The van der Waals surface area contributed by atoms with Crippen LogP contribution in [0.25, 0.3) is 5.69 Å². The Morgan fingerprint density at radius 1 is 1.19 bits per heavy atom. The molecule has 0 aliphatic heterocycles. The molecule has 0 saturated heterocycles. The van der Waals surface area contributed by atoms with Crippen LogP contribution >= 0.6 is 0 Å². The lowest BCUT2D eigenvalue weighted by Gasteiger charge is -2.09. The van der Waals surface area contributed by atoms with Crippen LogP contribution in [0, 0.1) is 5.82 Å². The van der Waals surface area contributed by atoms with Crippen LogP contribution in [0.4, 0.5) is 4.39 Å². The molecule has 0 unspecified atom stereocenters. The van der Waals surface area contributed by atoms with E-state index in [1.54, 1.807) is 18.2 Å². The zero-order valence-electron chi connectivity index (χ0n) is 9.61. The molecule has 5 heteroatoms. The molecule has 0 bridgehead atoms. The first-order valence-electron chi connectivity index (χ1n) is 5.16. The third-order valence-corrected chi connectivity index (χ3v) is 4.13. The molecule has 84 valence electrons. The summed E-state index contributed by atoms with van der Waals surface area (Å²) in [5.41, 5.74) is 0.444. The first-order valence-corrected chi connectivity index (χ1v) is 8.66. The van der Waals surface area contributed by atoms with Gasteiger partial charge in [0, 0.05) is 6.20 Å². The van der Waals surface area contributed by atoms with Crippen molar-refractivity contribution in [1.29, 1.82) is 0 Å². The zero-order chi connectivity index (χ0) is 11.8. The third-order valence-electron chi connectivity index (χ3n) is 2.36. The summed E-state index contributed by atoms with van der Waals surface area (Å²) in [6.07, 6.45) is 1.82. The van der Waals surface area contributed by atoms with E-state index < -0.39 is 8.07 Å². The van der Waals surface area contributed by atoms with Crippen molar-refractivity contribution in [3.63, 3.8) is 0 Å². The molecule has 0 radical (unpaired) electrons. The second kappa shape index (κ2) is 3.82. The molecule has 2 rings (SSSR count). The molecule has 0 N–H and O–H groups in total. The molecule has 0 fully saturated rings. The summed E-state index contributed by atoms with van der Waals surface area (Å²) in [6, 6.07) is 6.56. The first kappa shape index (κ1) is 11.0. The molecular formula is C11H14FN3Si. The Balaban J connectivity index is 2.44. The Kier molecular flexibility index (Phi) is 2.63. The molecule has 1 aromatic carbocycles. The summed E-state index contributed by atoms with van der Waals surface area (Å²) < 4.78 is 15.0. The Bertz CT molecular complexity index is 502. The van der Waals surface area contributed by atoms with E-state index in [2.05, 4.69) is 30.0 Å². The Morgan fingerprint density at radius 2 is 1.88 bits per heavy atom. The second-order valence-electron chi connectivity index (χ2n) is 4.75. The van der Waals surface area contributed by atoms with E-state index in [1.807, 2.05) is 6.20 Å². The zero-order valence-corrected chi connectivity index (χ0v) is 10.6. The lowest BCUT2D eigenvalue weighted by atomic mass is 10.3. The van der Waals surface area contributed by atoms with E-state index in [0.29, 0.717) is 5.69 Å². The summed E-state index contributed by atoms with van der Waals surface area (Å²) in [6.45, 7) is 6.55. The van der Waals surface area contributed by atoms with Gasteiger partial charge in [0.15, 0.2) is 0 Å². The highest BCUT2D eigenvalue weighted by atomic mass is 28.3. The molecular weight excluding hydrogens is 221 g/mol. The van der Waals surface area contributed by atoms with Gasteiger partial charge in [0.1, 0.15) is 19.6 Å². The highest BCUT2D eigenvalue weighted by Gasteiger charge is 2.21. The minimum Gasteiger partial charge on any atom is -0.218 e. The quantitative estimate of drug-likeness (QED) is 0.745. The van der Waals surface area contributed by atoms with E-state index >= 15 is 0 Å². The molecule has 3 nitrogen and oxygen atoms in total. The van der Waals surface area contributed by atoms with E-state index in [9.17, 15) is 4.39 Å². The van der Waals surface area contributed by atoms with Crippen molar-refractivity contribution in [3.05, 3.63) is 36.3 Å². The minimum atomic E-state index is -1.48. The molecule has 0 atom stereocenters. The number of nitrogens with zero attached hydrogens (tertiary/aromatic N) is 3. The predicted molar refractivity (Wildman–Crippen MR) is 64.3 cm³/mol. The normalized spacial score (nSPS) is 11.8. The molecule has 1 aromatic heterocycles. The smallest absolute Gasteiger partial charge is 0.148 e. The van der Waals surface area contributed by atoms with Crippen LogP contribution in [-0.4, -0.2) is 23.1 Å². The maximum Gasteiger partial charge on any atom is 0.148 e. The van der Waals surface area contributed by atoms with E-state index in [-0.39, 0.29) is 5.82 Å². The van der Waals surface area contributed by atoms with Crippen LogP contribution in [0.2, 0.25) is 19.6 Å². The summed E-state index contributed by atoms with van der Waals surface area (Å²) >= 11 is 0. The van der Waals surface area contributed by atoms with Gasteiger partial charge >= 0.3 is 0 Å². The van der Waals surface area contributed by atoms with Gasteiger partial charge in [-0.15, -0.1) is 5.10 Å². The first-order chi connectivity index (χ1) is 7.48. The summed E-state index contributed by atoms with van der Waals surface area (Å²) in [5, 5.41) is 9.07. The average Bonchev–Trinajstić information content (AvgIpc) is 2.66. The number of aromatic nitrogens is 3. The summed E-state index contributed by atoms with van der Waals surface area (Å²) in [5.74, 6) is -0.283. The van der Waals surface area contributed by atoms with E-state index in [4.69, 9.17) is 0 Å². The molecule has 0 aliphatic rings. The van der Waals surface area contributed by atoms with Crippen molar-refractivity contribution in [2.45, 2.75) is 19.6 Å². The fourth-order valence-electron chi connectivity index (χ4n) is 1.36. The topological polar surface area (TPSA) is 30.7 Å². The fraction of sp³-hybridized carbons (Fsp3) is 0.273. The van der Waals surface area contributed by atoms with Crippen LogP contribution in [0.15, 0.2) is 30.5 Å². The Morgan fingerprint density at radius 3 is 2.44 bits per heavy atom. The van der Waals surface area contributed by atoms with Crippen LogP contribution in [0.5, 0.6) is 0 Å². The van der Waals surface area contributed by atoms with Crippen LogP contribution in [0.3, 0.4) is 0 Å². The van der Waals surface area contributed by atoms with Gasteiger partial charge in [-0.1, -0.05) is 37.0 Å². The molecule has 0 spiro atoms. The predicted octanol–water partition coefficient (Wildman–Crippen LogP) is 1.95. The number of halogens is 1. The SMILES string of the molecule is C[Si](C)(C)c1cn(-c2ccccc2F)nn1. The number of benzene rings is 1. The van der Waals surface area contributed by atoms with Crippen LogP contribution < -0.4 is 5.32 Å². The maximum atomic E-state index is 13.5. The Labute approximate surface area is 94.9 Å². The third kappa shape index (κ3) is 2.04. The van der Waals surface area contributed by atoms with Crippen molar-refractivity contribution in [3.8, 4) is 5.69 Å². The van der Waals surface area contributed by atoms with E-state index in [1.165, 1.54) is 10.7 Å². The molecule has 0 saturated carbocycles. The van der Waals surface area contributed by atoms with Crippen LogP contribution in [0.1, 0.15) is 0 Å². The highest BCUT2D eigenvalue weighted by molar-refractivity contribution is 6.88. The fourth-order valence-corrected chi connectivity index (χ4v) is 2.22. The number of para-hydroxylation sites is 1. The van der Waals surface area contributed by atoms with Crippen molar-refractivity contribution in [1.82, 2.24) is 15.0 Å². The minimum absolute atomic E-state index is 0.283. The molecule has 16 heavy (non-hydrogen) atoms. The molecule has 0 amide bonds. The molecule has 2 aromatic rings. The Hall–Kier alpha value is -1.49. The summed E-state index contributed by atoms with van der Waals surface area (Å²) in [4.78, 5) is 0. The largest absolute Gasteiger partial charge is 0.218 e. The van der Waals surface area contributed by atoms with E-state index in [0.717, 1.165) is 5.32 Å². The van der Waals surface area contributed by atoms with Gasteiger partial charge in [0.25, 0.3) is 0 Å². The highest BCUT2D eigenvalue weighted by Crippen LogP contribution is 2.10. The van der Waals surface area contributed by atoms with Gasteiger partial charge in [0.05, 0.1) is 5.32 Å². The van der Waals surface area contributed by atoms with Gasteiger partial charge < -0.3 is 0 Å². The maximum absolute atomic E-state index is 13.5. The van der Waals surface area contributed by atoms with Crippen molar-refractivity contribution in [2.75, 3.05) is 0 Å². The monoisotopic (exact) mass is 235 g/mol. The number of rotatable bonds is 2. The van der Waals surface area contributed by atoms with Crippen molar-refractivity contribution >= 4 is 13.4 Å². The van der Waals surface area contributed by atoms with Gasteiger partial charge in [-0.2, -0.15) is 0 Å². The van der Waals surface area contributed by atoms with Crippen molar-refractivity contribution in [2.24, 2.45) is 0 Å². The number of hydrogen-bond donors (Lipinski definition) is 0.